The summed E-state index contributed by atoms with van der Waals surface area (Å²) >= 11 is 0. The second-order valence-electron chi connectivity index (χ2n) is 19.6. The summed E-state index contributed by atoms with van der Waals surface area (Å²) in [6, 6.07) is 28.0. The van der Waals surface area contributed by atoms with Gasteiger partial charge in [-0.05, 0) is 124 Å². The zero-order chi connectivity index (χ0) is 57.5. The van der Waals surface area contributed by atoms with Crippen molar-refractivity contribution in [3.63, 3.8) is 0 Å². The van der Waals surface area contributed by atoms with Crippen LogP contribution in [0.5, 0.6) is 46.0 Å². The van der Waals surface area contributed by atoms with Crippen molar-refractivity contribution in [1.29, 1.82) is 0 Å². The first-order valence-corrected chi connectivity index (χ1v) is 29.8. The summed E-state index contributed by atoms with van der Waals surface area (Å²) in [7, 11) is -3.22. The average Bonchev–Trinajstić information content (AvgIpc) is 3.38. The summed E-state index contributed by atoms with van der Waals surface area (Å²) in [6.45, 7) is 21.2. The Kier molecular flexibility index (Phi) is 15.5. The van der Waals surface area contributed by atoms with Crippen LogP contribution in [-0.4, -0.2) is 44.6 Å². The second-order valence-corrected chi connectivity index (χ2v) is 23.4. The molecule has 0 fully saturated rings. The molecule has 414 valence electrons. The number of fused-ring (bicyclic) bond motifs is 6. The van der Waals surface area contributed by atoms with Gasteiger partial charge in [0.1, 0.15) is 34.5 Å². The zero-order valence-electron chi connectivity index (χ0n) is 46.4. The van der Waals surface area contributed by atoms with Gasteiger partial charge < -0.3 is 36.6 Å². The lowest BCUT2D eigenvalue weighted by Gasteiger charge is -2.28. The van der Waals surface area contributed by atoms with Crippen LogP contribution in [0.2, 0.25) is 0 Å². The Bertz CT molecular complexity index is 4010. The van der Waals surface area contributed by atoms with E-state index >= 15 is 0 Å². The molecule has 3 aliphatic rings. The molecule has 17 heteroatoms. The highest BCUT2D eigenvalue weighted by Crippen LogP contribution is 2.61. The van der Waals surface area contributed by atoms with Crippen LogP contribution in [0.3, 0.4) is 0 Å². The number of hydrogen-bond donors (Lipinski definition) is 0. The molecule has 8 aromatic rings. The number of carbonyl (C=O) groups is 3. The van der Waals surface area contributed by atoms with E-state index in [9.17, 15) is 14.4 Å². The van der Waals surface area contributed by atoms with E-state index in [1.807, 2.05) is 145 Å². The topological polar surface area (TPSA) is 140 Å². The number of ether oxygens (including phenoxy) is 2. The molecule has 0 saturated carbocycles. The molecule has 0 N–H and O–H groups in total. The Labute approximate surface area is 480 Å². The van der Waals surface area contributed by atoms with Gasteiger partial charge in [-0.1, -0.05) is 80.4 Å². The second kappa shape index (κ2) is 23.1. The minimum atomic E-state index is -2.18. The number of benzene rings is 5. The van der Waals surface area contributed by atoms with Gasteiger partial charge in [0.25, 0.3) is 0 Å². The summed E-state index contributed by atoms with van der Waals surface area (Å²) in [5, 5.41) is 0. The van der Waals surface area contributed by atoms with Crippen molar-refractivity contribution in [3.8, 4) is 57.1 Å². The van der Waals surface area contributed by atoms with E-state index in [0.717, 1.165) is 50.5 Å². The van der Waals surface area contributed by atoms with Crippen LogP contribution in [0.15, 0.2) is 160 Å². The van der Waals surface area contributed by atoms with E-state index in [4.69, 9.17) is 36.6 Å². The normalized spacial score (nSPS) is 15.7. The first-order chi connectivity index (χ1) is 39.8. The highest BCUT2D eigenvalue weighted by atomic mass is 31.2. The minimum absolute atomic E-state index is 0.210. The van der Waals surface area contributed by atoms with Crippen molar-refractivity contribution >= 4 is 55.1 Å². The van der Waals surface area contributed by atoms with Gasteiger partial charge in [0.05, 0.1) is 19.8 Å². The fraction of sp³-hybridized carbons (Fsp3) is 0.154. The molecule has 3 atom stereocenters. The number of hydrogen-bond acceptors (Lipinski definition) is 11. The third-order valence-corrected chi connectivity index (χ3v) is 18.9. The van der Waals surface area contributed by atoms with Crippen LogP contribution in [0, 0.1) is 20.8 Å². The summed E-state index contributed by atoms with van der Waals surface area (Å²) in [5.41, 5.74) is 11.9. The number of allylic oxidation sites excluding steroid dienone is 5. The third-order valence-electron chi connectivity index (χ3n) is 14.6. The highest BCUT2D eigenvalue weighted by Gasteiger charge is 2.38. The van der Waals surface area contributed by atoms with E-state index in [1.54, 1.807) is 50.6 Å². The molecule has 5 aromatic carbocycles. The van der Waals surface area contributed by atoms with Crippen molar-refractivity contribution in [2.24, 2.45) is 0 Å². The number of rotatable bonds is 17. The SMILES string of the molecule is C=CC(=O)c1ccc2c(c1)OP(Oc1cc(/C=C/C)c(OC)cc1-c1c(OP3Oc4cc(C(=O)C=C)ccc4Cc4c(C)ccn43)cc(/C=C/C)c(OC)c1OP1Oc3cc(C(=O)C=C)ccc3Cc3c(C)ccn31)n1ccc(C)c1C2. The fourth-order valence-corrected chi connectivity index (χ4v) is 14.6. The maximum Gasteiger partial charge on any atom is 0.421 e. The largest absolute Gasteiger partial charge is 0.496 e. The molecule has 14 nitrogen and oxygen atoms in total. The lowest BCUT2D eigenvalue weighted by atomic mass is 9.97. The molecule has 0 spiro atoms. The molecule has 3 aliphatic heterocycles. The predicted molar refractivity (Wildman–Crippen MR) is 324 cm³/mol. The summed E-state index contributed by atoms with van der Waals surface area (Å²) in [6.07, 6.45) is 18.8. The van der Waals surface area contributed by atoms with Gasteiger partial charge in [-0.25, -0.2) is 0 Å². The Morgan fingerprint density at radius 2 is 0.890 bits per heavy atom. The molecule has 0 bridgehead atoms. The molecule has 3 aromatic heterocycles. The fourth-order valence-electron chi connectivity index (χ4n) is 10.2. The number of ketones is 3. The average molecular weight is 1150 g/mol. The standard InChI is InChI=1S/C65H58N3O11P3/c1-11-16-45-36-61(77-80-66-27-24-39(6)51(66)30-46-21-18-42(54(69)13-3)33-58(46)74-80)50(38-57(45)72-9)63-62(78-81-67-28-25-40(7)52(67)31-47-22-19-43(55(70)14-4)34-59(47)75-81)37-49(17-12-2)64(73-10)65(63)79-82-68-29-26-41(8)53(68)32-48-23-20-44(56(71)15-5)35-60(48)76-82/h11-29,33-38H,3-5,30-32H2,1-2,6-10H3/b16-11+,17-12+. The van der Waals surface area contributed by atoms with Crippen LogP contribution < -0.4 is 36.6 Å². The Hall–Kier alpha value is -8.66. The molecule has 0 amide bonds. The van der Waals surface area contributed by atoms with Gasteiger partial charge in [-0.2, -0.15) is 0 Å². The van der Waals surface area contributed by atoms with Crippen molar-refractivity contribution in [1.82, 2.24) is 13.0 Å². The third kappa shape index (κ3) is 10.3. The van der Waals surface area contributed by atoms with E-state index in [-0.39, 0.29) is 28.8 Å². The zero-order valence-corrected chi connectivity index (χ0v) is 49.0. The number of nitrogens with zero attached hydrogens (tertiary/aromatic N) is 3. The molecule has 82 heavy (non-hydrogen) atoms. The van der Waals surface area contributed by atoms with Gasteiger partial charge in [0, 0.05) is 105 Å². The van der Waals surface area contributed by atoms with Gasteiger partial charge >= 0.3 is 25.6 Å². The number of carbonyl (C=O) groups excluding carboxylic acids is 3. The van der Waals surface area contributed by atoms with E-state index in [2.05, 4.69) is 19.7 Å². The first kappa shape index (κ1) is 55.3. The molecule has 0 aliphatic carbocycles. The summed E-state index contributed by atoms with van der Waals surface area (Å²) in [5.74, 6) is 2.34. The first-order valence-electron chi connectivity index (χ1n) is 26.4. The van der Waals surface area contributed by atoms with Gasteiger partial charge in [-0.15, -0.1) is 0 Å². The Morgan fingerprint density at radius 3 is 1.29 bits per heavy atom. The van der Waals surface area contributed by atoms with E-state index in [0.29, 0.717) is 92.7 Å². The smallest absolute Gasteiger partial charge is 0.421 e. The maximum atomic E-state index is 13.2. The van der Waals surface area contributed by atoms with Crippen LogP contribution in [0.25, 0.3) is 23.3 Å². The quantitative estimate of drug-likeness (QED) is 0.0489. The summed E-state index contributed by atoms with van der Waals surface area (Å²) < 4.78 is 62.3. The number of aryl methyl sites for hydroxylation is 3. The Morgan fingerprint density at radius 1 is 0.488 bits per heavy atom. The lowest BCUT2D eigenvalue weighted by molar-refractivity contribution is 0.103. The Balaban J connectivity index is 1.18. The van der Waals surface area contributed by atoms with Crippen molar-refractivity contribution < 1.29 is 51.0 Å². The molecular weight excluding hydrogens is 1090 g/mol. The van der Waals surface area contributed by atoms with Crippen LogP contribution in [0.1, 0.15) is 107 Å². The molecular formula is C65H58N3O11P3. The highest BCUT2D eigenvalue weighted by molar-refractivity contribution is 7.47. The number of aromatic nitrogens is 3. The molecule has 11 rings (SSSR count). The lowest BCUT2D eigenvalue weighted by Crippen LogP contribution is -2.10. The van der Waals surface area contributed by atoms with E-state index in [1.165, 1.54) is 18.2 Å². The minimum Gasteiger partial charge on any atom is -0.496 e. The molecule has 3 unspecified atom stereocenters. The van der Waals surface area contributed by atoms with Crippen LogP contribution >= 0.6 is 25.6 Å². The van der Waals surface area contributed by atoms with Crippen molar-refractivity contribution in [3.05, 3.63) is 238 Å². The monoisotopic (exact) mass is 1150 g/mol. The maximum absolute atomic E-state index is 13.2. The predicted octanol–water partition coefficient (Wildman–Crippen LogP) is 16.3. The molecule has 0 radical (unpaired) electrons. The van der Waals surface area contributed by atoms with E-state index < -0.39 is 25.6 Å². The van der Waals surface area contributed by atoms with Crippen molar-refractivity contribution in [2.75, 3.05) is 14.2 Å². The summed E-state index contributed by atoms with van der Waals surface area (Å²) in [4.78, 5) is 39.4. The van der Waals surface area contributed by atoms with Crippen LogP contribution in [0.4, 0.5) is 0 Å². The molecule has 6 heterocycles. The van der Waals surface area contributed by atoms with Gasteiger partial charge in [0.15, 0.2) is 28.8 Å². The number of methoxy groups -OCH3 is 2. The van der Waals surface area contributed by atoms with Gasteiger partial charge in [-0.3, -0.25) is 27.4 Å². The van der Waals surface area contributed by atoms with Crippen LogP contribution in [-0.2, 0) is 19.3 Å². The van der Waals surface area contributed by atoms with Crippen molar-refractivity contribution in [2.45, 2.75) is 53.9 Å². The molecule has 0 saturated heterocycles. The van der Waals surface area contributed by atoms with Gasteiger partial charge in [0.2, 0.25) is 0 Å².